The van der Waals surface area contributed by atoms with Crippen molar-refractivity contribution in [1.29, 1.82) is 0 Å². The van der Waals surface area contributed by atoms with Gasteiger partial charge in [-0.05, 0) is 26.0 Å². The molecule has 0 radical (unpaired) electrons. The first-order chi connectivity index (χ1) is 7.06. The maximum atomic E-state index is 11.5. The van der Waals surface area contributed by atoms with Crippen molar-refractivity contribution in [2.75, 3.05) is 12.4 Å². The molecule has 4 nitrogen and oxygen atoms in total. The van der Waals surface area contributed by atoms with E-state index >= 15 is 0 Å². The van der Waals surface area contributed by atoms with E-state index in [-0.39, 0.29) is 11.7 Å². The molecule has 0 heterocycles. The molecule has 1 atom stereocenters. The molecular formula is C11H15NO3. The van der Waals surface area contributed by atoms with Crippen LogP contribution in [0.25, 0.3) is 0 Å². The third kappa shape index (κ3) is 2.70. The van der Waals surface area contributed by atoms with Gasteiger partial charge in [-0.15, -0.1) is 0 Å². The van der Waals surface area contributed by atoms with E-state index in [1.54, 1.807) is 32.0 Å². The Kier molecular flexibility index (Phi) is 3.68. The number of amides is 1. The van der Waals surface area contributed by atoms with Crippen molar-refractivity contribution >= 4 is 11.6 Å². The number of hydrogen-bond donors (Lipinski definition) is 2. The molecule has 1 amide bonds. The maximum absolute atomic E-state index is 11.5. The summed E-state index contributed by atoms with van der Waals surface area (Å²) in [6.45, 7) is 3.40. The molecule has 0 fully saturated rings. The zero-order chi connectivity index (χ0) is 11.4. The van der Waals surface area contributed by atoms with Gasteiger partial charge in [0.2, 0.25) is 0 Å². The fraction of sp³-hybridized carbons (Fsp3) is 0.364. The average Bonchev–Trinajstić information content (AvgIpc) is 2.23. The van der Waals surface area contributed by atoms with Crippen LogP contribution in [0.2, 0.25) is 0 Å². The summed E-state index contributed by atoms with van der Waals surface area (Å²) in [7, 11) is 1.47. The molecule has 2 N–H and O–H groups in total. The minimum atomic E-state index is -0.508. The zero-order valence-corrected chi connectivity index (χ0v) is 9.07. The highest BCUT2D eigenvalue weighted by atomic mass is 16.5. The van der Waals surface area contributed by atoms with Gasteiger partial charge in [0.15, 0.2) is 0 Å². The van der Waals surface area contributed by atoms with Gasteiger partial charge in [0.1, 0.15) is 11.9 Å². The van der Waals surface area contributed by atoms with Gasteiger partial charge < -0.3 is 15.2 Å². The summed E-state index contributed by atoms with van der Waals surface area (Å²) in [5.74, 6) is -0.0657. The number of benzene rings is 1. The van der Waals surface area contributed by atoms with Gasteiger partial charge in [-0.3, -0.25) is 4.79 Å². The van der Waals surface area contributed by atoms with Crippen LogP contribution in [0, 0.1) is 6.92 Å². The molecular weight excluding hydrogens is 194 g/mol. The van der Waals surface area contributed by atoms with Crippen molar-refractivity contribution in [2.24, 2.45) is 0 Å². The van der Waals surface area contributed by atoms with Crippen LogP contribution in [0.5, 0.6) is 5.75 Å². The number of hydrogen-bond acceptors (Lipinski definition) is 3. The summed E-state index contributed by atoms with van der Waals surface area (Å²) in [4.78, 5) is 11.5. The molecule has 0 aromatic heterocycles. The minimum absolute atomic E-state index is 0.165. The second-order valence-corrected chi connectivity index (χ2v) is 3.32. The Morgan fingerprint density at radius 3 is 2.80 bits per heavy atom. The van der Waals surface area contributed by atoms with Crippen molar-refractivity contribution in [3.05, 3.63) is 23.8 Å². The van der Waals surface area contributed by atoms with Gasteiger partial charge in [-0.1, -0.05) is 6.07 Å². The molecule has 4 heteroatoms. The Morgan fingerprint density at radius 2 is 2.20 bits per heavy atom. The number of aromatic hydroxyl groups is 1. The number of nitrogens with one attached hydrogen (secondary N) is 1. The van der Waals surface area contributed by atoms with Crippen LogP contribution in [0.3, 0.4) is 0 Å². The van der Waals surface area contributed by atoms with E-state index in [1.807, 2.05) is 0 Å². The molecule has 1 unspecified atom stereocenters. The maximum Gasteiger partial charge on any atom is 0.253 e. The number of phenolic OH excluding ortho intramolecular Hbond substituents is 1. The zero-order valence-electron chi connectivity index (χ0n) is 9.07. The van der Waals surface area contributed by atoms with E-state index in [0.717, 1.165) is 0 Å². The van der Waals surface area contributed by atoms with E-state index in [2.05, 4.69) is 5.32 Å². The van der Waals surface area contributed by atoms with Crippen LogP contribution in [-0.4, -0.2) is 24.2 Å². The third-order valence-electron chi connectivity index (χ3n) is 2.29. The lowest BCUT2D eigenvalue weighted by Crippen LogP contribution is -2.26. The van der Waals surface area contributed by atoms with Gasteiger partial charge in [0.05, 0.1) is 0 Å². The molecule has 0 aliphatic rings. The van der Waals surface area contributed by atoms with Crippen LogP contribution in [-0.2, 0) is 9.53 Å². The predicted octanol–water partition coefficient (Wildman–Crippen LogP) is 1.67. The number of carbonyl (C=O) groups is 1. The first kappa shape index (κ1) is 11.5. The van der Waals surface area contributed by atoms with Gasteiger partial charge in [0, 0.05) is 18.4 Å². The topological polar surface area (TPSA) is 58.6 Å². The molecule has 1 aromatic rings. The lowest BCUT2D eigenvalue weighted by molar-refractivity contribution is -0.124. The average molecular weight is 209 g/mol. The van der Waals surface area contributed by atoms with Gasteiger partial charge in [0.25, 0.3) is 5.91 Å². The Bertz CT molecular complexity index is 363. The van der Waals surface area contributed by atoms with Gasteiger partial charge in [-0.25, -0.2) is 0 Å². The lowest BCUT2D eigenvalue weighted by atomic mass is 10.1. The summed E-state index contributed by atoms with van der Waals surface area (Å²) in [6.07, 6.45) is -0.508. The Balaban J connectivity index is 2.81. The van der Waals surface area contributed by atoms with E-state index in [4.69, 9.17) is 4.74 Å². The van der Waals surface area contributed by atoms with Crippen molar-refractivity contribution in [2.45, 2.75) is 20.0 Å². The second-order valence-electron chi connectivity index (χ2n) is 3.32. The first-order valence-corrected chi connectivity index (χ1v) is 4.68. The number of ether oxygens (including phenoxy) is 1. The monoisotopic (exact) mass is 209 g/mol. The second kappa shape index (κ2) is 4.79. The van der Waals surface area contributed by atoms with Crippen molar-refractivity contribution in [3.8, 4) is 5.75 Å². The fourth-order valence-electron chi connectivity index (χ4n) is 1.10. The highest BCUT2D eigenvalue weighted by Gasteiger charge is 2.13. The lowest BCUT2D eigenvalue weighted by Gasteiger charge is -2.12. The number of rotatable bonds is 3. The Morgan fingerprint density at radius 1 is 1.53 bits per heavy atom. The summed E-state index contributed by atoms with van der Waals surface area (Å²) in [5, 5.41) is 12.1. The molecule has 0 spiro atoms. The van der Waals surface area contributed by atoms with Gasteiger partial charge in [-0.2, -0.15) is 0 Å². The molecule has 0 bridgehead atoms. The van der Waals surface area contributed by atoms with E-state index in [1.165, 1.54) is 7.11 Å². The SMILES string of the molecule is COC(C)C(=O)Nc1cccc(O)c1C. The molecule has 15 heavy (non-hydrogen) atoms. The number of anilines is 1. The number of carbonyl (C=O) groups excluding carboxylic acids is 1. The third-order valence-corrected chi connectivity index (χ3v) is 2.29. The molecule has 82 valence electrons. The van der Waals surface area contributed by atoms with Crippen LogP contribution in [0.15, 0.2) is 18.2 Å². The summed E-state index contributed by atoms with van der Waals surface area (Å²) < 4.78 is 4.88. The smallest absolute Gasteiger partial charge is 0.253 e. The van der Waals surface area contributed by atoms with E-state index < -0.39 is 6.10 Å². The standard InChI is InChI=1S/C11H15NO3/c1-7-9(5-4-6-10(7)13)12-11(14)8(2)15-3/h4-6,8,13H,1-3H3,(H,12,14). The van der Waals surface area contributed by atoms with Gasteiger partial charge >= 0.3 is 0 Å². The summed E-state index contributed by atoms with van der Waals surface area (Å²) in [6, 6.07) is 4.98. The quantitative estimate of drug-likeness (QED) is 0.796. The molecule has 0 aliphatic heterocycles. The van der Waals surface area contributed by atoms with Crippen molar-refractivity contribution < 1.29 is 14.6 Å². The van der Waals surface area contributed by atoms with Crippen molar-refractivity contribution in [1.82, 2.24) is 0 Å². The molecule has 0 saturated heterocycles. The molecule has 1 rings (SSSR count). The van der Waals surface area contributed by atoms with Crippen LogP contribution in [0.4, 0.5) is 5.69 Å². The summed E-state index contributed by atoms with van der Waals surface area (Å²) in [5.41, 5.74) is 1.25. The molecule has 0 saturated carbocycles. The van der Waals surface area contributed by atoms with E-state index in [9.17, 15) is 9.90 Å². The highest BCUT2D eigenvalue weighted by molar-refractivity contribution is 5.94. The number of methoxy groups -OCH3 is 1. The molecule has 0 aliphatic carbocycles. The highest BCUT2D eigenvalue weighted by Crippen LogP contribution is 2.23. The predicted molar refractivity (Wildman–Crippen MR) is 57.9 cm³/mol. The van der Waals surface area contributed by atoms with Crippen molar-refractivity contribution in [3.63, 3.8) is 0 Å². The Hall–Kier alpha value is -1.55. The molecule has 1 aromatic carbocycles. The van der Waals surface area contributed by atoms with Crippen LogP contribution >= 0.6 is 0 Å². The number of phenols is 1. The normalized spacial score (nSPS) is 12.2. The van der Waals surface area contributed by atoms with Crippen LogP contribution in [0.1, 0.15) is 12.5 Å². The first-order valence-electron chi connectivity index (χ1n) is 4.68. The van der Waals surface area contributed by atoms with Crippen LogP contribution < -0.4 is 5.32 Å². The fourth-order valence-corrected chi connectivity index (χ4v) is 1.10. The van der Waals surface area contributed by atoms with E-state index in [0.29, 0.717) is 11.3 Å². The Labute approximate surface area is 88.9 Å². The minimum Gasteiger partial charge on any atom is -0.508 e. The summed E-state index contributed by atoms with van der Waals surface area (Å²) >= 11 is 0. The largest absolute Gasteiger partial charge is 0.508 e.